The first-order valence-corrected chi connectivity index (χ1v) is 7.36. The van der Waals surface area contributed by atoms with E-state index in [1.165, 1.54) is 32.1 Å². The molecule has 1 rings (SSSR count). The fraction of sp³-hybridized carbons (Fsp3) is 1.00. The fourth-order valence-electron chi connectivity index (χ4n) is 3.25. The molecule has 0 heterocycles. The molecule has 0 aromatic rings. The Morgan fingerprint density at radius 1 is 1.12 bits per heavy atom. The van der Waals surface area contributed by atoms with Crippen LogP contribution in [-0.4, -0.2) is 12.7 Å². The molecule has 1 nitrogen and oxygen atoms in total. The summed E-state index contributed by atoms with van der Waals surface area (Å²) in [6, 6.07) is 0. The second-order valence-corrected chi connectivity index (χ2v) is 7.31. The zero-order valence-corrected chi connectivity index (χ0v) is 12.8. The van der Waals surface area contributed by atoms with Crippen LogP contribution < -0.4 is 0 Å². The molecule has 0 N–H and O–H groups in total. The lowest BCUT2D eigenvalue weighted by Crippen LogP contribution is -2.33. The Hall–Kier alpha value is -0.0400. The minimum absolute atomic E-state index is 0.102. The number of rotatable bonds is 4. The van der Waals surface area contributed by atoms with Gasteiger partial charge in [0.2, 0.25) is 0 Å². The van der Waals surface area contributed by atoms with Crippen molar-refractivity contribution in [3.63, 3.8) is 0 Å². The molecule has 0 aromatic heterocycles. The molecule has 17 heavy (non-hydrogen) atoms. The number of hydrogen-bond donors (Lipinski definition) is 0. The van der Waals surface area contributed by atoms with Crippen LogP contribution in [0.15, 0.2) is 0 Å². The SMILES string of the molecule is CCC(C)(CC1CCCC(C(C)(C)C)C1)OC. The van der Waals surface area contributed by atoms with Crippen molar-refractivity contribution >= 4 is 0 Å². The van der Waals surface area contributed by atoms with Gasteiger partial charge in [-0.25, -0.2) is 0 Å². The van der Waals surface area contributed by atoms with Gasteiger partial charge in [0.15, 0.2) is 0 Å². The predicted octanol–water partition coefficient (Wildman–Crippen LogP) is 5.04. The Kier molecular flexibility index (Phi) is 5.07. The summed E-state index contributed by atoms with van der Waals surface area (Å²) in [5.41, 5.74) is 0.582. The largest absolute Gasteiger partial charge is 0.379 e. The summed E-state index contributed by atoms with van der Waals surface area (Å²) in [7, 11) is 1.87. The van der Waals surface area contributed by atoms with E-state index in [1.807, 2.05) is 7.11 Å². The van der Waals surface area contributed by atoms with Gasteiger partial charge in [-0.05, 0) is 49.9 Å². The Labute approximate surface area is 108 Å². The van der Waals surface area contributed by atoms with E-state index in [0.717, 1.165) is 18.3 Å². The molecule has 1 aliphatic carbocycles. The predicted molar refractivity (Wildman–Crippen MR) is 75.2 cm³/mol. The van der Waals surface area contributed by atoms with Crippen molar-refractivity contribution in [3.8, 4) is 0 Å². The Balaban J connectivity index is 2.56. The first-order chi connectivity index (χ1) is 7.80. The summed E-state index contributed by atoms with van der Waals surface area (Å²) in [5, 5.41) is 0. The van der Waals surface area contributed by atoms with Crippen molar-refractivity contribution in [3.05, 3.63) is 0 Å². The monoisotopic (exact) mass is 240 g/mol. The first-order valence-electron chi connectivity index (χ1n) is 7.36. The van der Waals surface area contributed by atoms with E-state index in [-0.39, 0.29) is 5.60 Å². The minimum Gasteiger partial charge on any atom is -0.379 e. The highest BCUT2D eigenvalue weighted by atomic mass is 16.5. The molecule has 0 aliphatic heterocycles. The second-order valence-electron chi connectivity index (χ2n) is 7.31. The lowest BCUT2D eigenvalue weighted by Gasteiger charge is -2.40. The van der Waals surface area contributed by atoms with Crippen molar-refractivity contribution in [2.24, 2.45) is 17.3 Å². The molecular weight excluding hydrogens is 208 g/mol. The van der Waals surface area contributed by atoms with Crippen LogP contribution >= 0.6 is 0 Å². The van der Waals surface area contributed by atoms with E-state index in [1.54, 1.807) is 0 Å². The molecule has 1 aliphatic rings. The quantitative estimate of drug-likeness (QED) is 0.668. The molecule has 0 spiro atoms. The third kappa shape index (κ3) is 4.28. The Bertz CT molecular complexity index is 222. The van der Waals surface area contributed by atoms with Crippen LogP contribution in [-0.2, 0) is 4.74 Å². The van der Waals surface area contributed by atoms with Crippen molar-refractivity contribution in [1.82, 2.24) is 0 Å². The van der Waals surface area contributed by atoms with E-state index in [9.17, 15) is 0 Å². The minimum atomic E-state index is 0.102. The van der Waals surface area contributed by atoms with Gasteiger partial charge in [-0.2, -0.15) is 0 Å². The van der Waals surface area contributed by atoms with E-state index in [4.69, 9.17) is 4.74 Å². The highest BCUT2D eigenvalue weighted by molar-refractivity contribution is 4.85. The van der Waals surface area contributed by atoms with Crippen LogP contribution in [0.1, 0.15) is 73.1 Å². The summed E-state index contributed by atoms with van der Waals surface area (Å²) in [4.78, 5) is 0. The summed E-state index contributed by atoms with van der Waals surface area (Å²) in [6.45, 7) is 11.7. The molecular formula is C16H32O. The number of hydrogen-bond acceptors (Lipinski definition) is 1. The lowest BCUT2D eigenvalue weighted by molar-refractivity contribution is -0.0272. The number of ether oxygens (including phenoxy) is 1. The van der Waals surface area contributed by atoms with Gasteiger partial charge in [0.05, 0.1) is 5.60 Å². The maximum Gasteiger partial charge on any atom is 0.0650 e. The molecule has 0 amide bonds. The second kappa shape index (κ2) is 5.73. The van der Waals surface area contributed by atoms with Crippen molar-refractivity contribution < 1.29 is 4.74 Å². The van der Waals surface area contributed by atoms with Crippen molar-refractivity contribution in [1.29, 1.82) is 0 Å². The van der Waals surface area contributed by atoms with Crippen LogP contribution in [0, 0.1) is 17.3 Å². The maximum atomic E-state index is 5.71. The summed E-state index contributed by atoms with van der Waals surface area (Å²) in [6.07, 6.45) is 8.02. The number of methoxy groups -OCH3 is 1. The highest BCUT2D eigenvalue weighted by Crippen LogP contribution is 2.43. The summed E-state index contributed by atoms with van der Waals surface area (Å²) in [5.74, 6) is 1.78. The van der Waals surface area contributed by atoms with E-state index < -0.39 is 0 Å². The van der Waals surface area contributed by atoms with Gasteiger partial charge < -0.3 is 4.74 Å². The van der Waals surface area contributed by atoms with Gasteiger partial charge in [0.25, 0.3) is 0 Å². The summed E-state index contributed by atoms with van der Waals surface area (Å²) < 4.78 is 5.71. The molecule has 1 saturated carbocycles. The smallest absolute Gasteiger partial charge is 0.0650 e. The third-order valence-corrected chi connectivity index (χ3v) is 4.97. The molecule has 0 saturated heterocycles. The van der Waals surface area contributed by atoms with Crippen molar-refractivity contribution in [2.45, 2.75) is 78.7 Å². The molecule has 1 heteroatoms. The first kappa shape index (κ1) is 15.0. The van der Waals surface area contributed by atoms with Crippen LogP contribution in [0.2, 0.25) is 0 Å². The molecule has 1 fully saturated rings. The fourth-order valence-corrected chi connectivity index (χ4v) is 3.25. The average Bonchev–Trinajstić information content (AvgIpc) is 2.28. The van der Waals surface area contributed by atoms with E-state index in [2.05, 4.69) is 34.6 Å². The van der Waals surface area contributed by atoms with Gasteiger partial charge in [-0.3, -0.25) is 0 Å². The Morgan fingerprint density at radius 2 is 1.76 bits per heavy atom. The van der Waals surface area contributed by atoms with E-state index in [0.29, 0.717) is 5.41 Å². The van der Waals surface area contributed by atoms with Crippen molar-refractivity contribution in [2.75, 3.05) is 7.11 Å². The molecule has 3 unspecified atom stereocenters. The Morgan fingerprint density at radius 3 is 2.24 bits per heavy atom. The average molecular weight is 240 g/mol. The topological polar surface area (TPSA) is 9.23 Å². The van der Waals surface area contributed by atoms with E-state index >= 15 is 0 Å². The lowest BCUT2D eigenvalue weighted by atomic mass is 9.67. The van der Waals surface area contributed by atoms with Gasteiger partial charge in [-0.1, -0.05) is 40.5 Å². The normalized spacial score (nSPS) is 30.0. The van der Waals surface area contributed by atoms with Gasteiger partial charge in [0.1, 0.15) is 0 Å². The molecule has 0 bridgehead atoms. The van der Waals surface area contributed by atoms with Crippen LogP contribution in [0.25, 0.3) is 0 Å². The van der Waals surface area contributed by atoms with Gasteiger partial charge in [0, 0.05) is 7.11 Å². The zero-order chi connectivity index (χ0) is 13.1. The van der Waals surface area contributed by atoms with Crippen LogP contribution in [0.5, 0.6) is 0 Å². The maximum absolute atomic E-state index is 5.71. The zero-order valence-electron chi connectivity index (χ0n) is 12.8. The highest BCUT2D eigenvalue weighted by Gasteiger charge is 2.34. The van der Waals surface area contributed by atoms with Crippen LogP contribution in [0.3, 0.4) is 0 Å². The molecule has 3 atom stereocenters. The molecule has 102 valence electrons. The van der Waals surface area contributed by atoms with Crippen LogP contribution in [0.4, 0.5) is 0 Å². The van der Waals surface area contributed by atoms with Gasteiger partial charge >= 0.3 is 0 Å². The van der Waals surface area contributed by atoms with Gasteiger partial charge in [-0.15, -0.1) is 0 Å². The molecule has 0 radical (unpaired) electrons. The standard InChI is InChI=1S/C16H32O/c1-7-16(5,17-6)12-13-9-8-10-14(11-13)15(2,3)4/h13-14H,7-12H2,1-6H3. The molecule has 0 aromatic carbocycles. The summed E-state index contributed by atoms with van der Waals surface area (Å²) >= 11 is 0. The third-order valence-electron chi connectivity index (χ3n) is 4.97.